The summed E-state index contributed by atoms with van der Waals surface area (Å²) in [5.41, 5.74) is 15.4. The number of aliphatic hydroxyl groups is 1. The fourth-order valence-electron chi connectivity index (χ4n) is 2.15. The summed E-state index contributed by atoms with van der Waals surface area (Å²) in [7, 11) is -4.72. The highest BCUT2D eigenvalue weighted by molar-refractivity contribution is 7.85. The third-order valence-corrected chi connectivity index (χ3v) is 4.34. The normalized spacial score (nSPS) is 13.9. The minimum atomic E-state index is -4.72. The number of nitrogens with one attached hydrogen (secondary N) is 3. The standard InChI is InChI=1S/C14H27N7O9S/c15-4-10(23)19-9(6-31(28,29)30)12(25)21-8(5-22)11(24)20-7(13(26)27)2-1-3-18-14(16)17/h7-9,22H,1-6,15H2,(H,19,23)(H,20,24)(H,21,25)(H,26,27)(H4,16,17,18)(H,28,29,30)/t7-,8-,9-/m0/s1. The topological polar surface area (TPSA) is 290 Å². The Hall–Kier alpha value is -3.02. The summed E-state index contributed by atoms with van der Waals surface area (Å²) in [4.78, 5) is 50.9. The first-order valence-electron chi connectivity index (χ1n) is 8.75. The molecule has 0 aliphatic rings. The molecular weight excluding hydrogens is 442 g/mol. The number of hydrogen-bond donors (Lipinski definition) is 9. The first-order valence-corrected chi connectivity index (χ1v) is 10.4. The molecule has 3 amide bonds. The third-order valence-electron chi connectivity index (χ3n) is 3.59. The average molecular weight is 469 g/mol. The van der Waals surface area contributed by atoms with Gasteiger partial charge in [0.1, 0.15) is 23.9 Å². The third kappa shape index (κ3) is 12.3. The molecule has 0 bridgehead atoms. The lowest BCUT2D eigenvalue weighted by Crippen LogP contribution is -2.58. The second-order valence-electron chi connectivity index (χ2n) is 6.16. The van der Waals surface area contributed by atoms with Crippen molar-refractivity contribution in [2.24, 2.45) is 22.2 Å². The zero-order valence-electron chi connectivity index (χ0n) is 16.4. The molecule has 31 heavy (non-hydrogen) atoms. The molecule has 0 heterocycles. The maximum absolute atomic E-state index is 12.3. The Morgan fingerprint density at radius 1 is 0.968 bits per heavy atom. The van der Waals surface area contributed by atoms with Crippen molar-refractivity contribution < 1.29 is 42.4 Å². The fourth-order valence-corrected chi connectivity index (χ4v) is 2.80. The second kappa shape index (κ2) is 13.3. The van der Waals surface area contributed by atoms with E-state index in [0.717, 1.165) is 0 Å². The molecule has 0 spiro atoms. The van der Waals surface area contributed by atoms with E-state index in [-0.39, 0.29) is 25.3 Å². The Morgan fingerprint density at radius 3 is 1.97 bits per heavy atom. The minimum absolute atomic E-state index is 0.0815. The van der Waals surface area contributed by atoms with Crippen LogP contribution in [0.25, 0.3) is 0 Å². The zero-order chi connectivity index (χ0) is 24.2. The van der Waals surface area contributed by atoms with Crippen LogP contribution in [-0.4, -0.2) is 96.4 Å². The van der Waals surface area contributed by atoms with Crippen LogP contribution < -0.4 is 33.2 Å². The summed E-state index contributed by atoms with van der Waals surface area (Å²) in [6.45, 7) is -1.49. The van der Waals surface area contributed by atoms with E-state index in [9.17, 15) is 37.8 Å². The summed E-state index contributed by atoms with van der Waals surface area (Å²) < 4.78 is 31.1. The van der Waals surface area contributed by atoms with Gasteiger partial charge in [-0.05, 0) is 12.8 Å². The van der Waals surface area contributed by atoms with Crippen LogP contribution in [0.5, 0.6) is 0 Å². The van der Waals surface area contributed by atoms with Crippen molar-refractivity contribution in [2.75, 3.05) is 25.4 Å². The molecule has 0 aliphatic carbocycles. The minimum Gasteiger partial charge on any atom is -0.480 e. The van der Waals surface area contributed by atoms with Gasteiger partial charge in [-0.2, -0.15) is 8.42 Å². The number of rotatable bonds is 14. The van der Waals surface area contributed by atoms with Crippen molar-refractivity contribution in [1.82, 2.24) is 16.0 Å². The van der Waals surface area contributed by atoms with Gasteiger partial charge in [-0.15, -0.1) is 0 Å². The van der Waals surface area contributed by atoms with E-state index in [4.69, 9.17) is 21.8 Å². The van der Waals surface area contributed by atoms with E-state index in [2.05, 4.69) is 10.3 Å². The van der Waals surface area contributed by atoms with Gasteiger partial charge in [0.15, 0.2) is 5.96 Å². The molecule has 12 N–H and O–H groups in total. The van der Waals surface area contributed by atoms with Crippen molar-refractivity contribution in [2.45, 2.75) is 31.0 Å². The van der Waals surface area contributed by atoms with Crippen LogP contribution in [0.3, 0.4) is 0 Å². The Morgan fingerprint density at radius 2 is 1.52 bits per heavy atom. The summed E-state index contributed by atoms with van der Waals surface area (Å²) in [6.07, 6.45) is 0.106. The largest absolute Gasteiger partial charge is 0.480 e. The van der Waals surface area contributed by atoms with Gasteiger partial charge in [0.05, 0.1) is 13.2 Å². The van der Waals surface area contributed by atoms with E-state index in [1.807, 2.05) is 10.6 Å². The number of aliphatic imine (C=N–C) groups is 1. The highest BCUT2D eigenvalue weighted by Crippen LogP contribution is 2.00. The molecule has 16 nitrogen and oxygen atoms in total. The second-order valence-corrected chi connectivity index (χ2v) is 7.66. The number of carbonyl (C=O) groups excluding carboxylic acids is 3. The Labute approximate surface area is 177 Å². The first kappa shape index (κ1) is 28.0. The van der Waals surface area contributed by atoms with Crippen LogP contribution in [-0.2, 0) is 29.3 Å². The van der Waals surface area contributed by atoms with Crippen molar-refractivity contribution in [3.8, 4) is 0 Å². The highest BCUT2D eigenvalue weighted by Gasteiger charge is 2.31. The maximum atomic E-state index is 12.3. The number of aliphatic hydroxyl groups excluding tert-OH is 1. The maximum Gasteiger partial charge on any atom is 0.326 e. The average Bonchev–Trinajstić information content (AvgIpc) is 2.65. The van der Waals surface area contributed by atoms with Gasteiger partial charge in [-0.3, -0.25) is 23.9 Å². The summed E-state index contributed by atoms with van der Waals surface area (Å²) in [5.74, 6) is -6.09. The predicted molar refractivity (Wildman–Crippen MR) is 106 cm³/mol. The summed E-state index contributed by atoms with van der Waals surface area (Å²) >= 11 is 0. The molecule has 0 saturated heterocycles. The molecule has 0 saturated carbocycles. The van der Waals surface area contributed by atoms with Gasteiger partial charge in [-0.25, -0.2) is 4.79 Å². The smallest absolute Gasteiger partial charge is 0.326 e. The number of guanidine groups is 1. The van der Waals surface area contributed by atoms with Crippen molar-refractivity contribution in [1.29, 1.82) is 0 Å². The molecule has 0 fully saturated rings. The molecule has 178 valence electrons. The van der Waals surface area contributed by atoms with Gasteiger partial charge < -0.3 is 43.4 Å². The van der Waals surface area contributed by atoms with Gasteiger partial charge in [-0.1, -0.05) is 0 Å². The lowest BCUT2D eigenvalue weighted by Gasteiger charge is -2.22. The molecule has 0 unspecified atom stereocenters. The van der Waals surface area contributed by atoms with E-state index >= 15 is 0 Å². The van der Waals surface area contributed by atoms with E-state index < -0.39 is 70.8 Å². The highest BCUT2D eigenvalue weighted by atomic mass is 32.2. The quantitative estimate of drug-likeness (QED) is 0.0498. The van der Waals surface area contributed by atoms with Crippen molar-refractivity contribution in [3.05, 3.63) is 0 Å². The predicted octanol–water partition coefficient (Wildman–Crippen LogP) is -5.58. The molecule has 0 rings (SSSR count). The SMILES string of the molecule is NCC(=O)N[C@@H](CS(=O)(=O)O)C(=O)N[C@@H](CO)C(=O)N[C@@H](CCCN=C(N)N)C(=O)O. The summed E-state index contributed by atoms with van der Waals surface area (Å²) in [6, 6.07) is -4.92. The fraction of sp³-hybridized carbons (Fsp3) is 0.643. The Kier molecular flexibility index (Phi) is 12.0. The molecule has 0 aromatic rings. The van der Waals surface area contributed by atoms with Crippen molar-refractivity contribution in [3.63, 3.8) is 0 Å². The summed E-state index contributed by atoms with van der Waals surface area (Å²) in [5, 5.41) is 24.6. The molecule has 0 aromatic heterocycles. The van der Waals surface area contributed by atoms with Crippen LogP contribution in [0.1, 0.15) is 12.8 Å². The van der Waals surface area contributed by atoms with E-state index in [1.54, 1.807) is 0 Å². The lowest BCUT2D eigenvalue weighted by atomic mass is 10.1. The van der Waals surface area contributed by atoms with Crippen LogP contribution in [0.15, 0.2) is 4.99 Å². The Bertz CT molecular complexity index is 783. The van der Waals surface area contributed by atoms with Gasteiger partial charge >= 0.3 is 5.97 Å². The number of nitrogens with two attached hydrogens (primary N) is 3. The number of carbonyl (C=O) groups is 4. The number of carboxylic acid groups (broad SMARTS) is 1. The molecule has 3 atom stereocenters. The lowest BCUT2D eigenvalue weighted by molar-refractivity contribution is -0.142. The van der Waals surface area contributed by atoms with Crippen LogP contribution in [0.2, 0.25) is 0 Å². The molecular formula is C14H27N7O9S. The number of aliphatic carboxylic acids is 1. The Balaban J connectivity index is 5.17. The van der Waals surface area contributed by atoms with Crippen LogP contribution in [0.4, 0.5) is 0 Å². The van der Waals surface area contributed by atoms with Crippen LogP contribution >= 0.6 is 0 Å². The first-order chi connectivity index (χ1) is 14.3. The number of carboxylic acids is 1. The van der Waals surface area contributed by atoms with E-state index in [0.29, 0.717) is 0 Å². The molecule has 0 aliphatic heterocycles. The van der Waals surface area contributed by atoms with Gasteiger partial charge in [0, 0.05) is 6.54 Å². The molecule has 0 aromatic carbocycles. The number of hydrogen-bond acceptors (Lipinski definition) is 9. The van der Waals surface area contributed by atoms with Gasteiger partial charge in [0.25, 0.3) is 10.1 Å². The van der Waals surface area contributed by atoms with E-state index in [1.165, 1.54) is 0 Å². The number of amides is 3. The molecule has 0 radical (unpaired) electrons. The van der Waals surface area contributed by atoms with Crippen molar-refractivity contribution >= 4 is 39.8 Å². The van der Waals surface area contributed by atoms with Gasteiger partial charge in [0.2, 0.25) is 17.7 Å². The van der Waals surface area contributed by atoms with Crippen LogP contribution in [0, 0.1) is 0 Å². The number of nitrogens with zero attached hydrogens (tertiary/aromatic N) is 1. The zero-order valence-corrected chi connectivity index (χ0v) is 17.2. The monoisotopic (exact) mass is 469 g/mol. The molecule has 17 heteroatoms.